The lowest BCUT2D eigenvalue weighted by molar-refractivity contribution is 0.415. The van der Waals surface area contributed by atoms with Gasteiger partial charge in [-0.25, -0.2) is 0 Å². The van der Waals surface area contributed by atoms with E-state index >= 15 is 0 Å². The fraction of sp³-hybridized carbons (Fsp3) is 0.0556. The van der Waals surface area contributed by atoms with Crippen molar-refractivity contribution >= 4 is 22.7 Å². The molecular formula is C18H15NO2. The molecule has 3 aromatic carbocycles. The number of hydrogen-bond acceptors (Lipinski definition) is 3. The van der Waals surface area contributed by atoms with Gasteiger partial charge in [0.15, 0.2) is 0 Å². The molecular weight excluding hydrogens is 262 g/mol. The molecule has 0 fully saturated rings. The Kier molecular flexibility index (Phi) is 3.56. The Labute approximate surface area is 123 Å². The molecule has 0 radical (unpaired) electrons. The van der Waals surface area contributed by atoms with E-state index in [1.165, 1.54) is 0 Å². The van der Waals surface area contributed by atoms with Crippen LogP contribution in [0.4, 0.5) is 5.69 Å². The first kappa shape index (κ1) is 13.2. The Balaban J connectivity index is 1.93. The number of aliphatic imine (C=N–C) groups is 1. The highest BCUT2D eigenvalue weighted by Crippen LogP contribution is 2.28. The summed E-state index contributed by atoms with van der Waals surface area (Å²) in [5.41, 5.74) is 1.51. The van der Waals surface area contributed by atoms with Gasteiger partial charge in [-0.1, -0.05) is 30.3 Å². The lowest BCUT2D eigenvalue weighted by Crippen LogP contribution is -1.84. The van der Waals surface area contributed by atoms with E-state index in [9.17, 15) is 5.11 Å². The molecule has 0 unspecified atom stereocenters. The van der Waals surface area contributed by atoms with Crippen molar-refractivity contribution in [2.24, 2.45) is 4.99 Å². The van der Waals surface area contributed by atoms with Gasteiger partial charge in [-0.2, -0.15) is 0 Å². The summed E-state index contributed by atoms with van der Waals surface area (Å²) in [6, 6.07) is 19.0. The minimum atomic E-state index is 0.255. The van der Waals surface area contributed by atoms with Gasteiger partial charge < -0.3 is 9.84 Å². The van der Waals surface area contributed by atoms with Gasteiger partial charge in [0.2, 0.25) is 0 Å². The Morgan fingerprint density at radius 2 is 1.71 bits per heavy atom. The van der Waals surface area contributed by atoms with Crippen LogP contribution in [0, 0.1) is 0 Å². The molecule has 0 aliphatic rings. The minimum Gasteiger partial charge on any atom is -0.507 e. The first-order valence-electron chi connectivity index (χ1n) is 6.67. The van der Waals surface area contributed by atoms with E-state index in [4.69, 9.17) is 4.74 Å². The topological polar surface area (TPSA) is 41.8 Å². The first-order chi connectivity index (χ1) is 10.3. The van der Waals surface area contributed by atoms with Crippen molar-refractivity contribution in [3.63, 3.8) is 0 Å². The Morgan fingerprint density at radius 3 is 2.48 bits per heavy atom. The predicted octanol–water partition coefficient (Wildman–Crippen LogP) is 4.30. The molecule has 3 rings (SSSR count). The third-order valence-electron chi connectivity index (χ3n) is 3.36. The van der Waals surface area contributed by atoms with E-state index in [0.717, 1.165) is 22.2 Å². The largest absolute Gasteiger partial charge is 0.507 e. The average molecular weight is 277 g/mol. The smallest absolute Gasteiger partial charge is 0.132 e. The Bertz CT molecular complexity index is 792. The van der Waals surface area contributed by atoms with Crippen LogP contribution in [0.5, 0.6) is 11.5 Å². The van der Waals surface area contributed by atoms with Crippen LogP contribution in [0.2, 0.25) is 0 Å². The van der Waals surface area contributed by atoms with Crippen LogP contribution in [0.3, 0.4) is 0 Å². The molecule has 0 heterocycles. The second-order valence-corrected chi connectivity index (χ2v) is 4.68. The van der Waals surface area contributed by atoms with Gasteiger partial charge >= 0.3 is 0 Å². The highest BCUT2D eigenvalue weighted by molar-refractivity contribution is 5.97. The Hall–Kier alpha value is -2.81. The zero-order valence-electron chi connectivity index (χ0n) is 11.7. The van der Waals surface area contributed by atoms with Crippen LogP contribution in [0.1, 0.15) is 5.56 Å². The molecule has 104 valence electrons. The maximum absolute atomic E-state index is 10.3. The van der Waals surface area contributed by atoms with Gasteiger partial charge in [-0.15, -0.1) is 0 Å². The first-order valence-corrected chi connectivity index (χ1v) is 6.67. The van der Waals surface area contributed by atoms with E-state index in [0.29, 0.717) is 5.56 Å². The van der Waals surface area contributed by atoms with Crippen molar-refractivity contribution in [1.82, 2.24) is 0 Å². The molecule has 3 nitrogen and oxygen atoms in total. The summed E-state index contributed by atoms with van der Waals surface area (Å²) in [7, 11) is 1.63. The normalized spacial score (nSPS) is 11.1. The molecule has 21 heavy (non-hydrogen) atoms. The van der Waals surface area contributed by atoms with Gasteiger partial charge in [0.25, 0.3) is 0 Å². The molecule has 0 aromatic heterocycles. The van der Waals surface area contributed by atoms with Crippen molar-refractivity contribution in [3.05, 3.63) is 66.2 Å². The number of fused-ring (bicyclic) bond motifs is 1. The monoisotopic (exact) mass is 277 g/mol. The summed E-state index contributed by atoms with van der Waals surface area (Å²) in [4.78, 5) is 4.38. The lowest BCUT2D eigenvalue weighted by atomic mass is 10.1. The van der Waals surface area contributed by atoms with Crippen LogP contribution in [0.25, 0.3) is 10.8 Å². The molecule has 3 heteroatoms. The van der Waals surface area contributed by atoms with Crippen molar-refractivity contribution in [1.29, 1.82) is 0 Å². The lowest BCUT2D eigenvalue weighted by Gasteiger charge is -2.04. The van der Waals surface area contributed by atoms with Gasteiger partial charge in [0.05, 0.1) is 12.8 Å². The standard InChI is InChI=1S/C18H15NO2/c1-21-16-10-8-15(9-11-16)19-12-14-7-6-13-4-2-3-5-17(13)18(14)20/h2-12,20H,1H3. The number of aromatic hydroxyl groups is 1. The van der Waals surface area contributed by atoms with Gasteiger partial charge in [-0.3, -0.25) is 4.99 Å². The Morgan fingerprint density at radius 1 is 0.952 bits per heavy atom. The number of benzene rings is 3. The number of rotatable bonds is 3. The molecule has 0 atom stereocenters. The zero-order valence-corrected chi connectivity index (χ0v) is 11.7. The van der Waals surface area contributed by atoms with Crippen molar-refractivity contribution < 1.29 is 9.84 Å². The quantitative estimate of drug-likeness (QED) is 0.725. The molecule has 0 spiro atoms. The number of phenolic OH excluding ortho intramolecular Hbond substituents is 1. The maximum atomic E-state index is 10.3. The van der Waals surface area contributed by atoms with Crippen LogP contribution in [0.15, 0.2) is 65.7 Å². The number of nitrogens with zero attached hydrogens (tertiary/aromatic N) is 1. The van der Waals surface area contributed by atoms with E-state index in [1.807, 2.05) is 60.7 Å². The van der Waals surface area contributed by atoms with E-state index < -0.39 is 0 Å². The molecule has 0 aliphatic carbocycles. The zero-order chi connectivity index (χ0) is 14.7. The third-order valence-corrected chi connectivity index (χ3v) is 3.36. The molecule has 3 aromatic rings. The molecule has 0 amide bonds. The summed E-state index contributed by atoms with van der Waals surface area (Å²) < 4.78 is 5.11. The van der Waals surface area contributed by atoms with Crippen molar-refractivity contribution in [2.45, 2.75) is 0 Å². The molecule has 0 saturated heterocycles. The van der Waals surface area contributed by atoms with Crippen LogP contribution in [-0.4, -0.2) is 18.4 Å². The summed E-state index contributed by atoms with van der Waals surface area (Å²) in [5.74, 6) is 1.05. The number of ether oxygens (including phenoxy) is 1. The van der Waals surface area contributed by atoms with Gasteiger partial charge in [0.1, 0.15) is 11.5 Å². The van der Waals surface area contributed by atoms with Crippen LogP contribution < -0.4 is 4.74 Å². The second-order valence-electron chi connectivity index (χ2n) is 4.68. The highest BCUT2D eigenvalue weighted by atomic mass is 16.5. The maximum Gasteiger partial charge on any atom is 0.132 e. The summed E-state index contributed by atoms with van der Waals surface area (Å²) >= 11 is 0. The average Bonchev–Trinajstić information content (AvgIpc) is 2.55. The fourth-order valence-electron chi connectivity index (χ4n) is 2.19. The predicted molar refractivity (Wildman–Crippen MR) is 85.9 cm³/mol. The second kappa shape index (κ2) is 5.67. The van der Waals surface area contributed by atoms with E-state index in [-0.39, 0.29) is 5.75 Å². The van der Waals surface area contributed by atoms with Crippen molar-refractivity contribution in [2.75, 3.05) is 7.11 Å². The molecule has 0 bridgehead atoms. The number of hydrogen-bond donors (Lipinski definition) is 1. The van der Waals surface area contributed by atoms with Gasteiger partial charge in [-0.05, 0) is 35.7 Å². The highest BCUT2D eigenvalue weighted by Gasteiger charge is 2.03. The van der Waals surface area contributed by atoms with E-state index in [2.05, 4.69) is 4.99 Å². The summed E-state index contributed by atoms with van der Waals surface area (Å²) in [6.45, 7) is 0. The fourth-order valence-corrected chi connectivity index (χ4v) is 2.19. The van der Waals surface area contributed by atoms with Gasteiger partial charge in [0, 0.05) is 17.2 Å². The van der Waals surface area contributed by atoms with E-state index in [1.54, 1.807) is 13.3 Å². The molecule has 1 N–H and O–H groups in total. The molecule has 0 saturated carbocycles. The van der Waals surface area contributed by atoms with Crippen LogP contribution >= 0.6 is 0 Å². The summed E-state index contributed by atoms with van der Waals surface area (Å²) in [6.07, 6.45) is 1.67. The minimum absolute atomic E-state index is 0.255. The third kappa shape index (κ3) is 2.72. The number of phenols is 1. The summed E-state index contributed by atoms with van der Waals surface area (Å²) in [5, 5.41) is 12.1. The molecule has 0 aliphatic heterocycles. The number of methoxy groups -OCH3 is 1. The van der Waals surface area contributed by atoms with Crippen molar-refractivity contribution in [3.8, 4) is 11.5 Å². The SMILES string of the molecule is COc1ccc(N=Cc2ccc3ccccc3c2O)cc1. The van der Waals surface area contributed by atoms with Crippen LogP contribution in [-0.2, 0) is 0 Å².